The lowest BCUT2D eigenvalue weighted by Gasteiger charge is -2.08. The Balaban J connectivity index is 1.44. The molecule has 0 fully saturated rings. The third kappa shape index (κ3) is 4.01. The van der Waals surface area contributed by atoms with E-state index in [1.807, 2.05) is 53.4 Å². The largest absolute Gasteiger partial charge is 0.493 e. The Morgan fingerprint density at radius 3 is 2.55 bits per heavy atom. The number of ether oxygens (including phenoxy) is 3. The van der Waals surface area contributed by atoms with Crippen molar-refractivity contribution in [3.05, 3.63) is 77.1 Å². The van der Waals surface area contributed by atoms with E-state index < -0.39 is 0 Å². The number of carbonyl (C=O) groups is 1. The van der Waals surface area contributed by atoms with E-state index in [-0.39, 0.29) is 5.78 Å². The van der Waals surface area contributed by atoms with Crippen LogP contribution in [0.1, 0.15) is 21.5 Å². The van der Waals surface area contributed by atoms with Crippen molar-refractivity contribution in [2.75, 3.05) is 20.8 Å². The molecule has 0 bridgehead atoms. The first-order chi connectivity index (χ1) is 14.2. The van der Waals surface area contributed by atoms with E-state index in [4.69, 9.17) is 14.2 Å². The van der Waals surface area contributed by atoms with Crippen molar-refractivity contribution in [2.24, 2.45) is 0 Å². The normalized spacial score (nSPS) is 14.1. The lowest BCUT2D eigenvalue weighted by atomic mass is 10.1. The number of Topliss-reactive ketones (excluding diaryl/α,β-unsaturated/α-hetero) is 1. The van der Waals surface area contributed by atoms with Crippen LogP contribution in [0.3, 0.4) is 0 Å². The second-order valence-corrected chi connectivity index (χ2v) is 6.73. The maximum absolute atomic E-state index is 12.8. The van der Waals surface area contributed by atoms with Gasteiger partial charge in [-0.25, -0.2) is 0 Å². The van der Waals surface area contributed by atoms with Crippen molar-refractivity contribution in [1.82, 2.24) is 9.78 Å². The standard InChI is InChI=1S/C23H22N2O4/c1-27-21-14-17-13-18(23(26)20(17)15-22(21)28-2)12-16-4-6-19(7-5-16)29-11-10-25-9-3-8-24-25/h3-9,12,14-15H,10-11,13H2,1-2H3. The molecular formula is C23H22N2O4. The van der Waals surface area contributed by atoms with E-state index in [2.05, 4.69) is 5.10 Å². The fraction of sp³-hybridized carbons (Fsp3) is 0.217. The molecule has 1 heterocycles. The van der Waals surface area contributed by atoms with E-state index >= 15 is 0 Å². The zero-order valence-corrected chi connectivity index (χ0v) is 16.4. The molecule has 148 valence electrons. The number of methoxy groups -OCH3 is 2. The molecule has 0 spiro atoms. The van der Waals surface area contributed by atoms with Crippen LogP contribution in [0.2, 0.25) is 0 Å². The lowest BCUT2D eigenvalue weighted by Crippen LogP contribution is -2.08. The van der Waals surface area contributed by atoms with Crippen molar-refractivity contribution in [3.8, 4) is 17.2 Å². The van der Waals surface area contributed by atoms with Gasteiger partial charge in [0.2, 0.25) is 0 Å². The average molecular weight is 390 g/mol. The number of hydrogen-bond donors (Lipinski definition) is 0. The summed E-state index contributed by atoms with van der Waals surface area (Å²) in [5.74, 6) is 2.02. The zero-order valence-electron chi connectivity index (χ0n) is 16.4. The molecule has 3 aromatic rings. The highest BCUT2D eigenvalue weighted by atomic mass is 16.5. The Morgan fingerprint density at radius 1 is 1.10 bits per heavy atom. The van der Waals surface area contributed by atoms with Crippen LogP contribution in [0.15, 0.2) is 60.4 Å². The highest BCUT2D eigenvalue weighted by molar-refractivity contribution is 6.15. The molecule has 0 N–H and O–H groups in total. The van der Waals surface area contributed by atoms with Crippen molar-refractivity contribution in [1.29, 1.82) is 0 Å². The molecule has 0 aliphatic heterocycles. The van der Waals surface area contributed by atoms with Crippen LogP contribution in [-0.4, -0.2) is 36.4 Å². The maximum atomic E-state index is 12.8. The number of aromatic nitrogens is 2. The maximum Gasteiger partial charge on any atom is 0.189 e. The minimum atomic E-state index is 0.0282. The van der Waals surface area contributed by atoms with Gasteiger partial charge in [-0.3, -0.25) is 9.48 Å². The highest BCUT2D eigenvalue weighted by Crippen LogP contribution is 2.37. The number of ketones is 1. The molecule has 0 saturated heterocycles. The van der Waals surface area contributed by atoms with Crippen molar-refractivity contribution >= 4 is 11.9 Å². The van der Waals surface area contributed by atoms with Crippen LogP contribution in [0.25, 0.3) is 6.08 Å². The second-order valence-electron chi connectivity index (χ2n) is 6.73. The molecule has 4 rings (SSSR count). The van der Waals surface area contributed by atoms with Crippen LogP contribution >= 0.6 is 0 Å². The first-order valence-corrected chi connectivity index (χ1v) is 9.38. The molecule has 6 heteroatoms. The number of benzene rings is 2. The van der Waals surface area contributed by atoms with E-state index in [1.54, 1.807) is 26.5 Å². The van der Waals surface area contributed by atoms with Gasteiger partial charge in [-0.15, -0.1) is 0 Å². The monoisotopic (exact) mass is 390 g/mol. The van der Waals surface area contributed by atoms with Crippen LogP contribution in [0, 0.1) is 0 Å². The summed E-state index contributed by atoms with van der Waals surface area (Å²) in [6.07, 6.45) is 6.16. The van der Waals surface area contributed by atoms with Crippen molar-refractivity contribution < 1.29 is 19.0 Å². The molecule has 29 heavy (non-hydrogen) atoms. The first kappa shape index (κ1) is 18.8. The predicted molar refractivity (Wildman–Crippen MR) is 110 cm³/mol. The van der Waals surface area contributed by atoms with Crippen molar-refractivity contribution in [3.63, 3.8) is 0 Å². The Morgan fingerprint density at radius 2 is 1.86 bits per heavy atom. The van der Waals surface area contributed by atoms with Gasteiger partial charge in [0, 0.05) is 30.0 Å². The predicted octanol–water partition coefficient (Wildman–Crippen LogP) is 3.80. The highest BCUT2D eigenvalue weighted by Gasteiger charge is 2.27. The minimum Gasteiger partial charge on any atom is -0.493 e. The Kier molecular flexibility index (Phi) is 5.33. The SMILES string of the molecule is COc1cc2c(cc1OC)C(=O)C(=Cc1ccc(OCCn3cccn3)cc1)C2. The Hall–Kier alpha value is -3.54. The first-order valence-electron chi connectivity index (χ1n) is 9.38. The third-order valence-corrected chi connectivity index (χ3v) is 4.90. The number of rotatable bonds is 7. The molecule has 0 saturated carbocycles. The quantitative estimate of drug-likeness (QED) is 0.574. The van der Waals surface area contributed by atoms with E-state index in [1.165, 1.54) is 0 Å². The Bertz CT molecular complexity index is 1040. The van der Waals surface area contributed by atoms with Gasteiger partial charge in [0.1, 0.15) is 12.4 Å². The molecule has 0 amide bonds. The van der Waals surface area contributed by atoms with Crippen LogP contribution in [0.4, 0.5) is 0 Å². The van der Waals surface area contributed by atoms with E-state index in [9.17, 15) is 4.79 Å². The van der Waals surface area contributed by atoms with E-state index in [0.29, 0.717) is 36.6 Å². The number of hydrogen-bond acceptors (Lipinski definition) is 5. The van der Waals surface area contributed by atoms with Gasteiger partial charge in [0.15, 0.2) is 17.3 Å². The fourth-order valence-electron chi connectivity index (χ4n) is 3.40. The van der Waals surface area contributed by atoms with Crippen LogP contribution in [0.5, 0.6) is 17.2 Å². The summed E-state index contributed by atoms with van der Waals surface area (Å²) < 4.78 is 18.2. The molecule has 0 atom stereocenters. The molecule has 2 aromatic carbocycles. The molecule has 0 unspecified atom stereocenters. The van der Waals surface area contributed by atoms with Gasteiger partial charge in [-0.1, -0.05) is 12.1 Å². The molecule has 6 nitrogen and oxygen atoms in total. The molecule has 1 aliphatic rings. The average Bonchev–Trinajstić information content (AvgIpc) is 3.36. The summed E-state index contributed by atoms with van der Waals surface area (Å²) in [5.41, 5.74) is 3.34. The van der Waals surface area contributed by atoms with Gasteiger partial charge >= 0.3 is 0 Å². The van der Waals surface area contributed by atoms with Gasteiger partial charge in [-0.2, -0.15) is 5.10 Å². The minimum absolute atomic E-state index is 0.0282. The van der Waals surface area contributed by atoms with Gasteiger partial charge < -0.3 is 14.2 Å². The number of nitrogens with zero attached hydrogens (tertiary/aromatic N) is 2. The molecular weight excluding hydrogens is 368 g/mol. The number of carbonyl (C=O) groups excluding carboxylic acids is 1. The number of fused-ring (bicyclic) bond motifs is 1. The van der Waals surface area contributed by atoms with Gasteiger partial charge in [-0.05, 0) is 47.5 Å². The Labute approximate surface area is 169 Å². The van der Waals surface area contributed by atoms with Gasteiger partial charge in [0.05, 0.1) is 20.8 Å². The summed E-state index contributed by atoms with van der Waals surface area (Å²) in [7, 11) is 3.16. The second kappa shape index (κ2) is 8.22. The molecule has 1 aromatic heterocycles. The fourth-order valence-corrected chi connectivity index (χ4v) is 3.40. The number of allylic oxidation sites excluding steroid dienone is 1. The summed E-state index contributed by atoms with van der Waals surface area (Å²) in [6, 6.07) is 13.2. The summed E-state index contributed by atoms with van der Waals surface area (Å²) in [4.78, 5) is 12.8. The lowest BCUT2D eigenvalue weighted by molar-refractivity contribution is 0.104. The van der Waals surface area contributed by atoms with Crippen LogP contribution in [-0.2, 0) is 13.0 Å². The smallest absolute Gasteiger partial charge is 0.189 e. The van der Waals surface area contributed by atoms with E-state index in [0.717, 1.165) is 22.4 Å². The zero-order chi connectivity index (χ0) is 20.2. The van der Waals surface area contributed by atoms with Gasteiger partial charge in [0.25, 0.3) is 0 Å². The molecule has 1 aliphatic carbocycles. The molecule has 0 radical (unpaired) electrons. The summed E-state index contributed by atoms with van der Waals surface area (Å²) in [6.45, 7) is 1.23. The van der Waals surface area contributed by atoms with Crippen LogP contribution < -0.4 is 14.2 Å². The van der Waals surface area contributed by atoms with Crippen molar-refractivity contribution in [2.45, 2.75) is 13.0 Å². The summed E-state index contributed by atoms with van der Waals surface area (Å²) in [5, 5.41) is 4.15. The topological polar surface area (TPSA) is 62.6 Å². The third-order valence-electron chi connectivity index (χ3n) is 4.90. The summed E-state index contributed by atoms with van der Waals surface area (Å²) >= 11 is 0.